The van der Waals surface area contributed by atoms with Crippen LogP contribution in [0.3, 0.4) is 0 Å². The Morgan fingerprint density at radius 1 is 1.19 bits per heavy atom. The normalized spacial score (nSPS) is 11.6. The predicted octanol–water partition coefficient (Wildman–Crippen LogP) is 2.91. The van der Waals surface area contributed by atoms with Crippen LogP contribution in [-0.2, 0) is 12.2 Å². The van der Waals surface area contributed by atoms with Gasteiger partial charge in [0.15, 0.2) is 0 Å². The molecule has 2 aromatic rings. The van der Waals surface area contributed by atoms with Gasteiger partial charge in [0, 0.05) is 18.6 Å². The molecule has 1 aromatic carbocycles. The maximum atomic E-state index is 4.10. The fraction of sp³-hybridized carbons (Fsp3) is 0.308. The molecular formula is C13H18N2Si. The molecule has 0 radical (unpaired) electrons. The van der Waals surface area contributed by atoms with Crippen molar-refractivity contribution in [3.63, 3.8) is 0 Å². The monoisotopic (exact) mass is 230 g/mol. The van der Waals surface area contributed by atoms with Gasteiger partial charge in [-0.25, -0.2) is 4.98 Å². The summed E-state index contributed by atoms with van der Waals surface area (Å²) in [5.41, 5.74) is 1.46. The molecule has 0 N–H and O–H groups in total. The van der Waals surface area contributed by atoms with Crippen LogP contribution in [0.1, 0.15) is 5.56 Å². The Morgan fingerprint density at radius 2 is 1.94 bits per heavy atom. The summed E-state index contributed by atoms with van der Waals surface area (Å²) in [6.07, 6.45) is 6.97. The van der Waals surface area contributed by atoms with Crippen LogP contribution in [0.4, 0.5) is 0 Å². The van der Waals surface area contributed by atoms with E-state index >= 15 is 0 Å². The molecule has 2 nitrogen and oxygen atoms in total. The Hall–Kier alpha value is -1.35. The second kappa shape index (κ2) is 4.66. The van der Waals surface area contributed by atoms with Crippen LogP contribution in [0.5, 0.6) is 0 Å². The van der Waals surface area contributed by atoms with E-state index in [-0.39, 0.29) is 0 Å². The highest BCUT2D eigenvalue weighted by Crippen LogP contribution is 2.13. The quantitative estimate of drug-likeness (QED) is 0.738. The van der Waals surface area contributed by atoms with E-state index in [9.17, 15) is 0 Å². The number of rotatable bonds is 4. The molecular weight excluding hydrogens is 212 g/mol. The van der Waals surface area contributed by atoms with E-state index in [0.717, 1.165) is 6.17 Å². The van der Waals surface area contributed by atoms with Gasteiger partial charge in [0.2, 0.25) is 0 Å². The average molecular weight is 230 g/mol. The zero-order valence-electron chi connectivity index (χ0n) is 9.93. The maximum absolute atomic E-state index is 4.10. The maximum Gasteiger partial charge on any atom is 0.0943 e. The second-order valence-electron chi connectivity index (χ2n) is 5.06. The van der Waals surface area contributed by atoms with Gasteiger partial charge in [-0.15, -0.1) is 0 Å². The first-order valence-corrected chi connectivity index (χ1v) is 9.07. The summed E-state index contributed by atoms with van der Waals surface area (Å²) >= 11 is 0. The molecule has 0 saturated carbocycles. The molecule has 0 spiro atoms. The molecule has 0 unspecified atom stereocenters. The van der Waals surface area contributed by atoms with Gasteiger partial charge in [-0.3, -0.25) is 0 Å². The van der Waals surface area contributed by atoms with Gasteiger partial charge in [-0.1, -0.05) is 49.0 Å². The number of benzene rings is 1. The van der Waals surface area contributed by atoms with E-state index < -0.39 is 8.07 Å². The van der Waals surface area contributed by atoms with E-state index in [1.807, 2.05) is 12.5 Å². The van der Waals surface area contributed by atoms with Crippen molar-refractivity contribution in [3.8, 4) is 0 Å². The SMILES string of the molecule is C[Si](C)(Cc1ccccc1)Cn1ccnc1. The number of imidazole rings is 1. The van der Waals surface area contributed by atoms with Crippen LogP contribution in [0.25, 0.3) is 0 Å². The van der Waals surface area contributed by atoms with Crippen LogP contribution in [-0.4, -0.2) is 17.6 Å². The molecule has 1 heterocycles. The van der Waals surface area contributed by atoms with Gasteiger partial charge < -0.3 is 4.57 Å². The molecule has 0 amide bonds. The molecule has 0 aliphatic carbocycles. The molecule has 0 fully saturated rings. The molecule has 0 saturated heterocycles. The highest BCUT2D eigenvalue weighted by atomic mass is 28.3. The minimum Gasteiger partial charge on any atom is -0.340 e. The summed E-state index contributed by atoms with van der Waals surface area (Å²) in [7, 11) is -1.23. The lowest BCUT2D eigenvalue weighted by atomic mass is 10.2. The van der Waals surface area contributed by atoms with Crippen LogP contribution >= 0.6 is 0 Å². The summed E-state index contributed by atoms with van der Waals surface area (Å²) in [6, 6.07) is 12.0. The molecule has 0 aliphatic rings. The lowest BCUT2D eigenvalue weighted by Gasteiger charge is -2.22. The highest BCUT2D eigenvalue weighted by Gasteiger charge is 2.21. The van der Waals surface area contributed by atoms with E-state index in [2.05, 4.69) is 59.2 Å². The van der Waals surface area contributed by atoms with Crippen molar-refractivity contribution in [1.82, 2.24) is 9.55 Å². The van der Waals surface area contributed by atoms with Crippen molar-refractivity contribution in [2.45, 2.75) is 25.3 Å². The first-order valence-electron chi connectivity index (χ1n) is 5.65. The minimum atomic E-state index is -1.23. The summed E-state index contributed by atoms with van der Waals surface area (Å²) in [5, 5.41) is 0. The Morgan fingerprint density at radius 3 is 2.56 bits per heavy atom. The Balaban J connectivity index is 2.03. The van der Waals surface area contributed by atoms with Crippen LogP contribution in [0.15, 0.2) is 49.1 Å². The van der Waals surface area contributed by atoms with Crippen LogP contribution in [0.2, 0.25) is 13.1 Å². The first-order chi connectivity index (χ1) is 7.66. The fourth-order valence-corrected chi connectivity index (χ4v) is 4.71. The zero-order chi connectivity index (χ0) is 11.4. The molecule has 2 rings (SSSR count). The summed E-state index contributed by atoms with van der Waals surface area (Å²) in [4.78, 5) is 4.10. The third-order valence-corrected chi connectivity index (χ3v) is 5.28. The smallest absolute Gasteiger partial charge is 0.0943 e. The fourth-order valence-electron chi connectivity index (χ4n) is 2.08. The molecule has 0 bridgehead atoms. The number of hydrogen-bond donors (Lipinski definition) is 0. The van der Waals surface area contributed by atoms with E-state index in [1.165, 1.54) is 11.6 Å². The summed E-state index contributed by atoms with van der Waals surface area (Å²) in [6.45, 7) is 4.86. The molecule has 0 aliphatic heterocycles. The average Bonchev–Trinajstić information content (AvgIpc) is 2.70. The second-order valence-corrected chi connectivity index (χ2v) is 10.1. The third kappa shape index (κ3) is 3.07. The predicted molar refractivity (Wildman–Crippen MR) is 69.9 cm³/mol. The lowest BCUT2D eigenvalue weighted by molar-refractivity contribution is 0.842. The molecule has 1 aromatic heterocycles. The van der Waals surface area contributed by atoms with Crippen molar-refractivity contribution in [1.29, 1.82) is 0 Å². The standard InChI is InChI=1S/C13H18N2Si/c1-16(2,12-15-9-8-14-11-15)10-13-6-4-3-5-7-13/h3-9,11H,10,12H2,1-2H3. The molecule has 0 atom stereocenters. The number of hydrogen-bond acceptors (Lipinski definition) is 1. The van der Waals surface area contributed by atoms with Gasteiger partial charge in [-0.2, -0.15) is 0 Å². The Labute approximate surface area is 98.0 Å². The van der Waals surface area contributed by atoms with Crippen molar-refractivity contribution in [3.05, 3.63) is 54.6 Å². The molecule has 3 heteroatoms. The third-order valence-electron chi connectivity index (χ3n) is 2.70. The first kappa shape index (κ1) is 11.1. The zero-order valence-corrected chi connectivity index (χ0v) is 10.9. The largest absolute Gasteiger partial charge is 0.340 e. The van der Waals surface area contributed by atoms with Gasteiger partial charge in [-0.05, 0) is 6.04 Å². The number of nitrogens with zero attached hydrogens (tertiary/aromatic N) is 2. The van der Waals surface area contributed by atoms with Gasteiger partial charge in [0.1, 0.15) is 0 Å². The van der Waals surface area contributed by atoms with Crippen LogP contribution < -0.4 is 0 Å². The van der Waals surface area contributed by atoms with Gasteiger partial charge in [0.25, 0.3) is 0 Å². The van der Waals surface area contributed by atoms with Crippen LogP contribution in [0, 0.1) is 0 Å². The Bertz CT molecular complexity index is 420. The van der Waals surface area contributed by atoms with E-state index in [1.54, 1.807) is 0 Å². The Kier molecular flexibility index (Phi) is 3.24. The summed E-state index contributed by atoms with van der Waals surface area (Å²) < 4.78 is 2.20. The minimum absolute atomic E-state index is 1.14. The molecule has 84 valence electrons. The topological polar surface area (TPSA) is 17.8 Å². The van der Waals surface area contributed by atoms with Crippen molar-refractivity contribution in [2.75, 3.05) is 0 Å². The van der Waals surface area contributed by atoms with Crippen molar-refractivity contribution >= 4 is 8.07 Å². The molecule has 16 heavy (non-hydrogen) atoms. The van der Waals surface area contributed by atoms with Crippen molar-refractivity contribution < 1.29 is 0 Å². The van der Waals surface area contributed by atoms with E-state index in [0.29, 0.717) is 0 Å². The van der Waals surface area contributed by atoms with E-state index in [4.69, 9.17) is 0 Å². The highest BCUT2D eigenvalue weighted by molar-refractivity contribution is 6.75. The van der Waals surface area contributed by atoms with Gasteiger partial charge >= 0.3 is 0 Å². The summed E-state index contributed by atoms with van der Waals surface area (Å²) in [5.74, 6) is 0. The number of aromatic nitrogens is 2. The van der Waals surface area contributed by atoms with Gasteiger partial charge in [0.05, 0.1) is 14.4 Å². The van der Waals surface area contributed by atoms with Crippen molar-refractivity contribution in [2.24, 2.45) is 0 Å². The lowest BCUT2D eigenvalue weighted by Crippen LogP contribution is -2.35.